The highest BCUT2D eigenvalue weighted by atomic mass is 15.1. The Morgan fingerprint density at radius 1 is 1.00 bits per heavy atom. The molecule has 0 bridgehead atoms. The molecule has 0 heterocycles. The smallest absolute Gasteiger partial charge is 0.0912 e. The Bertz CT molecular complexity index is 298. The highest BCUT2D eigenvalue weighted by Gasteiger charge is 1.98. The lowest BCUT2D eigenvalue weighted by Gasteiger charge is -2.18. The molecule has 0 unspecified atom stereocenters. The van der Waals surface area contributed by atoms with Crippen molar-refractivity contribution in [2.45, 2.75) is 39.5 Å². The molecule has 2 nitrogen and oxygen atoms in total. The van der Waals surface area contributed by atoms with Crippen molar-refractivity contribution in [1.82, 2.24) is 4.90 Å². The second-order valence-electron chi connectivity index (χ2n) is 4.32. The van der Waals surface area contributed by atoms with E-state index in [4.69, 9.17) is 0 Å². The first-order valence-electron chi connectivity index (χ1n) is 6.70. The van der Waals surface area contributed by atoms with Crippen LogP contribution in [-0.2, 0) is 0 Å². The SMILES string of the molecule is CCCCN(C=Nc1ccccc1)CCCC. The van der Waals surface area contributed by atoms with Crippen LogP contribution in [0.1, 0.15) is 39.5 Å². The van der Waals surface area contributed by atoms with Gasteiger partial charge in [-0.25, -0.2) is 4.99 Å². The molecule has 0 spiro atoms. The van der Waals surface area contributed by atoms with Crippen LogP contribution in [0.25, 0.3) is 0 Å². The number of unbranched alkanes of at least 4 members (excludes halogenated alkanes) is 2. The van der Waals surface area contributed by atoms with Gasteiger partial charge in [0.2, 0.25) is 0 Å². The molecule has 1 aromatic rings. The summed E-state index contributed by atoms with van der Waals surface area (Å²) >= 11 is 0. The second kappa shape index (κ2) is 8.80. The van der Waals surface area contributed by atoms with Crippen LogP contribution < -0.4 is 0 Å². The van der Waals surface area contributed by atoms with Crippen LogP contribution in [0.4, 0.5) is 5.69 Å². The number of rotatable bonds is 8. The van der Waals surface area contributed by atoms with Crippen molar-refractivity contribution in [2.75, 3.05) is 13.1 Å². The molecule has 0 radical (unpaired) electrons. The van der Waals surface area contributed by atoms with Crippen LogP contribution >= 0.6 is 0 Å². The maximum atomic E-state index is 4.51. The van der Waals surface area contributed by atoms with Crippen molar-refractivity contribution < 1.29 is 0 Å². The molecule has 0 atom stereocenters. The third-order valence-corrected chi connectivity index (χ3v) is 2.72. The number of hydrogen-bond donors (Lipinski definition) is 0. The summed E-state index contributed by atoms with van der Waals surface area (Å²) in [7, 11) is 0. The van der Waals surface area contributed by atoms with Crippen LogP contribution in [-0.4, -0.2) is 24.3 Å². The van der Waals surface area contributed by atoms with Crippen molar-refractivity contribution in [2.24, 2.45) is 4.99 Å². The second-order valence-corrected chi connectivity index (χ2v) is 4.32. The van der Waals surface area contributed by atoms with E-state index < -0.39 is 0 Å². The minimum Gasteiger partial charge on any atom is -0.363 e. The summed E-state index contributed by atoms with van der Waals surface area (Å²) in [5, 5.41) is 0. The molecule has 0 aromatic heterocycles. The first-order valence-corrected chi connectivity index (χ1v) is 6.70. The topological polar surface area (TPSA) is 15.6 Å². The summed E-state index contributed by atoms with van der Waals surface area (Å²) in [6.07, 6.45) is 6.96. The Kier molecular flexibility index (Phi) is 7.12. The predicted molar refractivity (Wildman–Crippen MR) is 76.0 cm³/mol. The van der Waals surface area contributed by atoms with E-state index >= 15 is 0 Å². The van der Waals surface area contributed by atoms with E-state index in [9.17, 15) is 0 Å². The zero-order valence-corrected chi connectivity index (χ0v) is 11.1. The van der Waals surface area contributed by atoms with Gasteiger partial charge >= 0.3 is 0 Å². The summed E-state index contributed by atoms with van der Waals surface area (Å²) in [6, 6.07) is 10.1. The van der Waals surface area contributed by atoms with Crippen molar-refractivity contribution in [3.63, 3.8) is 0 Å². The Morgan fingerprint density at radius 3 is 2.12 bits per heavy atom. The van der Waals surface area contributed by atoms with Gasteiger partial charge in [0, 0.05) is 13.1 Å². The lowest BCUT2D eigenvalue weighted by molar-refractivity contribution is 0.409. The van der Waals surface area contributed by atoms with Crippen LogP contribution in [0, 0.1) is 0 Å². The normalized spacial score (nSPS) is 10.9. The van der Waals surface area contributed by atoms with Gasteiger partial charge in [0.15, 0.2) is 0 Å². The number of aliphatic imine (C=N–C) groups is 1. The Hall–Kier alpha value is -1.31. The van der Waals surface area contributed by atoms with E-state index in [2.05, 4.69) is 23.7 Å². The van der Waals surface area contributed by atoms with Gasteiger partial charge in [0.25, 0.3) is 0 Å². The molecule has 0 N–H and O–H groups in total. The van der Waals surface area contributed by atoms with Crippen LogP contribution in [0.15, 0.2) is 35.3 Å². The Labute approximate surface area is 105 Å². The van der Waals surface area contributed by atoms with E-state index in [-0.39, 0.29) is 0 Å². The highest BCUT2D eigenvalue weighted by Crippen LogP contribution is 2.09. The molecule has 2 heteroatoms. The minimum absolute atomic E-state index is 1.03. The molecular formula is C15H24N2. The summed E-state index contributed by atoms with van der Waals surface area (Å²) in [5.74, 6) is 0. The van der Waals surface area contributed by atoms with E-state index in [1.54, 1.807) is 0 Å². The molecule has 1 aromatic carbocycles. The van der Waals surface area contributed by atoms with Gasteiger partial charge in [-0.1, -0.05) is 44.9 Å². The highest BCUT2D eigenvalue weighted by molar-refractivity contribution is 5.61. The van der Waals surface area contributed by atoms with Gasteiger partial charge in [0.1, 0.15) is 0 Å². The average molecular weight is 232 g/mol. The number of nitrogens with zero attached hydrogens (tertiary/aromatic N) is 2. The zero-order chi connectivity index (χ0) is 12.3. The summed E-state index contributed by atoms with van der Waals surface area (Å²) < 4.78 is 0. The fourth-order valence-electron chi connectivity index (χ4n) is 1.61. The molecule has 0 fully saturated rings. The van der Waals surface area contributed by atoms with Gasteiger partial charge in [0.05, 0.1) is 12.0 Å². The summed E-state index contributed by atoms with van der Waals surface area (Å²) in [6.45, 7) is 6.69. The molecule has 0 saturated heterocycles. The number of benzene rings is 1. The fourth-order valence-corrected chi connectivity index (χ4v) is 1.61. The number of para-hydroxylation sites is 1. The van der Waals surface area contributed by atoms with Crippen LogP contribution in [0.2, 0.25) is 0 Å². The third kappa shape index (κ3) is 6.10. The van der Waals surface area contributed by atoms with Gasteiger partial charge < -0.3 is 4.90 Å². The van der Waals surface area contributed by atoms with E-state index in [0.717, 1.165) is 18.8 Å². The molecule has 0 aliphatic carbocycles. The van der Waals surface area contributed by atoms with Crippen LogP contribution in [0.3, 0.4) is 0 Å². The number of hydrogen-bond acceptors (Lipinski definition) is 1. The van der Waals surface area contributed by atoms with Gasteiger partial charge in [-0.3, -0.25) is 0 Å². The quantitative estimate of drug-likeness (QED) is 0.483. The van der Waals surface area contributed by atoms with Crippen molar-refractivity contribution in [3.05, 3.63) is 30.3 Å². The molecule has 0 saturated carbocycles. The standard InChI is InChI=1S/C15H24N2/c1-3-5-12-17(13-6-4-2)14-16-15-10-8-7-9-11-15/h7-11,14H,3-6,12-13H2,1-2H3. The molecule has 94 valence electrons. The maximum absolute atomic E-state index is 4.51. The summed E-state index contributed by atoms with van der Waals surface area (Å²) in [4.78, 5) is 6.85. The van der Waals surface area contributed by atoms with Gasteiger partial charge in [-0.15, -0.1) is 0 Å². The van der Waals surface area contributed by atoms with E-state index in [1.165, 1.54) is 25.7 Å². The predicted octanol–water partition coefficient (Wildman–Crippen LogP) is 4.25. The maximum Gasteiger partial charge on any atom is 0.0912 e. The van der Waals surface area contributed by atoms with Crippen LogP contribution in [0.5, 0.6) is 0 Å². The Morgan fingerprint density at radius 2 is 1.59 bits per heavy atom. The molecule has 17 heavy (non-hydrogen) atoms. The summed E-state index contributed by atoms with van der Waals surface area (Å²) in [5.41, 5.74) is 1.03. The average Bonchev–Trinajstić information content (AvgIpc) is 2.39. The van der Waals surface area contributed by atoms with Crippen molar-refractivity contribution >= 4 is 12.0 Å². The largest absolute Gasteiger partial charge is 0.363 e. The fraction of sp³-hybridized carbons (Fsp3) is 0.533. The van der Waals surface area contributed by atoms with Crippen molar-refractivity contribution in [1.29, 1.82) is 0 Å². The molecule has 0 aliphatic rings. The van der Waals surface area contributed by atoms with Gasteiger partial charge in [-0.2, -0.15) is 0 Å². The van der Waals surface area contributed by atoms with E-state index in [0.29, 0.717) is 0 Å². The molecule has 0 aliphatic heterocycles. The third-order valence-electron chi connectivity index (χ3n) is 2.72. The first-order chi connectivity index (χ1) is 8.36. The molecule has 0 amide bonds. The molecule has 1 rings (SSSR count). The monoisotopic (exact) mass is 232 g/mol. The zero-order valence-electron chi connectivity index (χ0n) is 11.1. The lowest BCUT2D eigenvalue weighted by atomic mass is 10.3. The van der Waals surface area contributed by atoms with Crippen molar-refractivity contribution in [3.8, 4) is 0 Å². The Balaban J connectivity index is 2.49. The van der Waals surface area contributed by atoms with Gasteiger partial charge in [-0.05, 0) is 25.0 Å². The molecular weight excluding hydrogens is 208 g/mol. The first kappa shape index (κ1) is 13.8. The van der Waals surface area contributed by atoms with E-state index in [1.807, 2.05) is 36.7 Å². The minimum atomic E-state index is 1.03. The lowest BCUT2D eigenvalue weighted by Crippen LogP contribution is -2.24.